The number of hydrogen-bond donors (Lipinski definition) is 1. The molecule has 9 heteroatoms. The molecule has 2 aromatic carbocycles. The van der Waals surface area contributed by atoms with Gasteiger partial charge in [0.25, 0.3) is 10.0 Å². The molecule has 0 fully saturated rings. The lowest BCUT2D eigenvalue weighted by Crippen LogP contribution is -2.12. The average molecular weight is 401 g/mol. The highest BCUT2D eigenvalue weighted by Crippen LogP contribution is 2.33. The fraction of sp³-hybridized carbons (Fsp3) is 0.0556. The third-order valence-corrected chi connectivity index (χ3v) is 6.01. The third-order valence-electron chi connectivity index (χ3n) is 3.60. The molecule has 138 valence electrons. The number of hydrogen-bond acceptors (Lipinski definition) is 6. The van der Waals surface area contributed by atoms with Crippen LogP contribution in [0.25, 0.3) is 0 Å². The van der Waals surface area contributed by atoms with Crippen LogP contribution in [0.3, 0.4) is 0 Å². The van der Waals surface area contributed by atoms with Gasteiger partial charge in [-0.2, -0.15) is 0 Å². The van der Waals surface area contributed by atoms with E-state index in [4.69, 9.17) is 0 Å². The quantitative estimate of drug-likeness (QED) is 0.489. The standard InChI is InChI=1S/C18H15N3O4S2/c1-13-4-10-16(11-5-13)27(24,25)20-14-6-8-15(9-7-14)26-18-17(21(22)23)3-2-12-19-18/h2-12,20H,1H3. The second-order valence-corrected chi connectivity index (χ2v) is 8.37. The lowest BCUT2D eigenvalue weighted by Gasteiger charge is -2.09. The van der Waals surface area contributed by atoms with Gasteiger partial charge in [0.15, 0.2) is 5.03 Å². The summed E-state index contributed by atoms with van der Waals surface area (Å²) in [5.41, 5.74) is 1.29. The summed E-state index contributed by atoms with van der Waals surface area (Å²) < 4.78 is 27.3. The third kappa shape index (κ3) is 4.63. The van der Waals surface area contributed by atoms with Gasteiger partial charge in [-0.3, -0.25) is 14.8 Å². The molecule has 0 bridgehead atoms. The van der Waals surface area contributed by atoms with Gasteiger partial charge >= 0.3 is 5.69 Å². The first-order chi connectivity index (χ1) is 12.8. The Morgan fingerprint density at radius 2 is 1.70 bits per heavy atom. The largest absolute Gasteiger partial charge is 0.301 e. The number of aryl methyl sites for hydroxylation is 1. The number of sulfonamides is 1. The number of nitrogens with zero attached hydrogens (tertiary/aromatic N) is 2. The van der Waals surface area contributed by atoms with Gasteiger partial charge in [0.05, 0.1) is 9.82 Å². The van der Waals surface area contributed by atoms with Gasteiger partial charge in [0, 0.05) is 22.8 Å². The Balaban J connectivity index is 1.76. The van der Waals surface area contributed by atoms with E-state index in [2.05, 4.69) is 9.71 Å². The number of aromatic nitrogens is 1. The van der Waals surface area contributed by atoms with Gasteiger partial charge in [-0.1, -0.05) is 29.5 Å². The van der Waals surface area contributed by atoms with Crippen molar-refractivity contribution in [2.75, 3.05) is 4.72 Å². The molecule has 0 aliphatic rings. The molecule has 1 aromatic heterocycles. The molecule has 0 aliphatic carbocycles. The van der Waals surface area contributed by atoms with Crippen molar-refractivity contribution >= 4 is 33.2 Å². The second kappa shape index (κ2) is 7.77. The van der Waals surface area contributed by atoms with E-state index < -0.39 is 14.9 Å². The number of rotatable bonds is 6. The first kappa shape index (κ1) is 18.9. The summed E-state index contributed by atoms with van der Waals surface area (Å²) in [5, 5.41) is 11.3. The smallest absolute Gasteiger partial charge is 0.280 e. The van der Waals surface area contributed by atoms with Crippen LogP contribution in [0.2, 0.25) is 0 Å². The molecule has 0 radical (unpaired) electrons. The molecule has 0 saturated heterocycles. The van der Waals surface area contributed by atoms with Crippen molar-refractivity contribution in [2.45, 2.75) is 21.7 Å². The van der Waals surface area contributed by atoms with Crippen LogP contribution in [0, 0.1) is 17.0 Å². The zero-order valence-corrected chi connectivity index (χ0v) is 15.8. The number of nitro groups is 1. The lowest BCUT2D eigenvalue weighted by molar-refractivity contribution is -0.388. The van der Waals surface area contributed by atoms with Crippen LogP contribution in [-0.2, 0) is 10.0 Å². The molecule has 7 nitrogen and oxygen atoms in total. The molecule has 3 aromatic rings. The Labute approximate surface area is 160 Å². The van der Waals surface area contributed by atoms with E-state index in [1.807, 2.05) is 6.92 Å². The second-order valence-electron chi connectivity index (χ2n) is 5.63. The monoisotopic (exact) mass is 401 g/mol. The molecule has 0 unspecified atom stereocenters. The first-order valence-electron chi connectivity index (χ1n) is 7.82. The van der Waals surface area contributed by atoms with E-state index in [-0.39, 0.29) is 15.6 Å². The predicted molar refractivity (Wildman–Crippen MR) is 103 cm³/mol. The van der Waals surface area contributed by atoms with Crippen molar-refractivity contribution in [3.8, 4) is 0 Å². The van der Waals surface area contributed by atoms with Crippen molar-refractivity contribution in [1.82, 2.24) is 4.98 Å². The average Bonchev–Trinajstić information content (AvgIpc) is 2.64. The number of nitrogens with one attached hydrogen (secondary N) is 1. The van der Waals surface area contributed by atoms with Crippen molar-refractivity contribution in [3.63, 3.8) is 0 Å². The summed E-state index contributed by atoms with van der Waals surface area (Å²) in [6.45, 7) is 1.88. The topological polar surface area (TPSA) is 102 Å². The minimum absolute atomic E-state index is 0.0772. The van der Waals surface area contributed by atoms with Crippen molar-refractivity contribution in [3.05, 3.63) is 82.5 Å². The predicted octanol–water partition coefficient (Wildman–Crippen LogP) is 4.25. The maximum atomic E-state index is 12.4. The van der Waals surface area contributed by atoms with Crippen LogP contribution in [-0.4, -0.2) is 18.3 Å². The van der Waals surface area contributed by atoms with Gasteiger partial charge in [-0.05, 0) is 49.4 Å². The minimum atomic E-state index is -3.68. The van der Waals surface area contributed by atoms with Gasteiger partial charge < -0.3 is 0 Å². The molecule has 0 aliphatic heterocycles. The van der Waals surface area contributed by atoms with E-state index in [9.17, 15) is 18.5 Å². The summed E-state index contributed by atoms with van der Waals surface area (Å²) in [7, 11) is -3.68. The molecule has 0 amide bonds. The van der Waals surface area contributed by atoms with E-state index in [0.717, 1.165) is 17.3 Å². The Kier molecular flexibility index (Phi) is 5.43. The van der Waals surface area contributed by atoms with Crippen molar-refractivity contribution < 1.29 is 13.3 Å². The maximum absolute atomic E-state index is 12.4. The van der Waals surface area contributed by atoms with Crippen LogP contribution in [0.15, 0.2) is 81.7 Å². The number of pyridine rings is 1. The molecule has 0 atom stereocenters. The molecule has 0 saturated carbocycles. The molecule has 1 heterocycles. The highest BCUT2D eigenvalue weighted by molar-refractivity contribution is 7.99. The number of anilines is 1. The van der Waals surface area contributed by atoms with Crippen molar-refractivity contribution in [1.29, 1.82) is 0 Å². The Hall–Kier alpha value is -2.91. The van der Waals surface area contributed by atoms with E-state index in [0.29, 0.717) is 10.6 Å². The van der Waals surface area contributed by atoms with Gasteiger partial charge in [0.1, 0.15) is 0 Å². The Morgan fingerprint density at radius 3 is 2.33 bits per heavy atom. The summed E-state index contributed by atoms with van der Waals surface area (Å²) in [6, 6.07) is 16.0. The molecule has 27 heavy (non-hydrogen) atoms. The van der Waals surface area contributed by atoms with Crippen LogP contribution < -0.4 is 4.72 Å². The van der Waals surface area contributed by atoms with Gasteiger partial charge in [0.2, 0.25) is 0 Å². The summed E-state index contributed by atoms with van der Waals surface area (Å²) in [6.07, 6.45) is 1.49. The first-order valence-corrected chi connectivity index (χ1v) is 10.1. The summed E-state index contributed by atoms with van der Waals surface area (Å²) in [4.78, 5) is 15.5. The fourth-order valence-electron chi connectivity index (χ4n) is 2.23. The summed E-state index contributed by atoms with van der Waals surface area (Å²) >= 11 is 1.14. The van der Waals surface area contributed by atoms with E-state index in [1.54, 1.807) is 48.5 Å². The lowest BCUT2D eigenvalue weighted by atomic mass is 10.2. The molecule has 1 N–H and O–H groups in total. The molecule has 0 spiro atoms. The van der Waals surface area contributed by atoms with Crippen molar-refractivity contribution in [2.24, 2.45) is 0 Å². The van der Waals surface area contributed by atoms with E-state index in [1.165, 1.54) is 18.3 Å². The van der Waals surface area contributed by atoms with Crippen LogP contribution in [0.1, 0.15) is 5.56 Å². The Morgan fingerprint density at radius 1 is 1.04 bits per heavy atom. The summed E-state index contributed by atoms with van der Waals surface area (Å²) in [5.74, 6) is 0. The highest BCUT2D eigenvalue weighted by atomic mass is 32.2. The molecular weight excluding hydrogens is 386 g/mol. The number of benzene rings is 2. The normalized spacial score (nSPS) is 11.1. The van der Waals surface area contributed by atoms with Crippen LogP contribution in [0.4, 0.5) is 11.4 Å². The zero-order chi connectivity index (χ0) is 19.4. The van der Waals surface area contributed by atoms with Crippen LogP contribution >= 0.6 is 11.8 Å². The Bertz CT molecular complexity index is 1070. The zero-order valence-electron chi connectivity index (χ0n) is 14.2. The SMILES string of the molecule is Cc1ccc(S(=O)(=O)Nc2ccc(Sc3ncccc3[N+](=O)[O-])cc2)cc1. The van der Waals surface area contributed by atoms with Crippen LogP contribution in [0.5, 0.6) is 0 Å². The highest BCUT2D eigenvalue weighted by Gasteiger charge is 2.16. The maximum Gasteiger partial charge on any atom is 0.301 e. The minimum Gasteiger partial charge on any atom is -0.280 e. The molecular formula is C18H15N3O4S2. The fourth-order valence-corrected chi connectivity index (χ4v) is 4.15. The van der Waals surface area contributed by atoms with Gasteiger partial charge in [-0.15, -0.1) is 0 Å². The molecule has 3 rings (SSSR count). The van der Waals surface area contributed by atoms with Gasteiger partial charge in [-0.25, -0.2) is 13.4 Å². The van der Waals surface area contributed by atoms with E-state index >= 15 is 0 Å².